The molecule has 1 unspecified atom stereocenters. The van der Waals surface area contributed by atoms with Crippen molar-refractivity contribution in [2.24, 2.45) is 5.73 Å². The minimum atomic E-state index is -0.664. The second-order valence-corrected chi connectivity index (χ2v) is 5.97. The van der Waals surface area contributed by atoms with Crippen LogP contribution in [0.4, 0.5) is 0 Å². The van der Waals surface area contributed by atoms with E-state index in [1.54, 1.807) is 31.2 Å². The molecule has 0 saturated heterocycles. The summed E-state index contributed by atoms with van der Waals surface area (Å²) in [5.41, 5.74) is 7.27. The lowest BCUT2D eigenvalue weighted by atomic mass is 9.84. The van der Waals surface area contributed by atoms with E-state index in [4.69, 9.17) is 33.7 Å². The van der Waals surface area contributed by atoms with Crippen LogP contribution in [0.25, 0.3) is 0 Å². The number of allylic oxidation sites excluding steroid dienone is 1. The van der Waals surface area contributed by atoms with Crippen LogP contribution in [0.5, 0.6) is 5.75 Å². The number of rotatable bonds is 1. The molecule has 0 bridgehead atoms. The van der Waals surface area contributed by atoms with Crippen molar-refractivity contribution in [3.05, 3.63) is 72.9 Å². The number of nitrogens with two attached hydrogens (primary N) is 1. The molecule has 2 aromatic rings. The molecule has 0 saturated carbocycles. The fraction of sp³-hybridized carbons (Fsp3) is 0.125. The van der Waals surface area contributed by atoms with Crippen molar-refractivity contribution in [1.29, 1.82) is 5.26 Å². The second kappa shape index (κ2) is 5.65. The van der Waals surface area contributed by atoms with Crippen LogP contribution in [-0.2, 0) is 0 Å². The van der Waals surface area contributed by atoms with E-state index in [1.165, 1.54) is 0 Å². The molecule has 1 aliphatic heterocycles. The fourth-order valence-electron chi connectivity index (χ4n) is 2.63. The number of hydrogen-bond acceptors (Lipinski definition) is 4. The third-order valence-corrected chi connectivity index (χ3v) is 4.37. The number of nitriles is 1. The SMILES string of the molecule is Cc1cc2c(c(=O)[nH]1)C(c1ccc(Cl)c(Cl)c1)C(C#N)=C(N)O2. The number of aromatic nitrogens is 1. The minimum absolute atomic E-state index is 0.0268. The smallest absolute Gasteiger partial charge is 0.256 e. The average molecular weight is 348 g/mol. The third-order valence-electron chi connectivity index (χ3n) is 3.63. The summed E-state index contributed by atoms with van der Waals surface area (Å²) < 4.78 is 5.46. The number of fused-ring (bicyclic) bond motifs is 1. The molecule has 0 radical (unpaired) electrons. The van der Waals surface area contributed by atoms with E-state index < -0.39 is 5.92 Å². The first kappa shape index (κ1) is 15.5. The number of benzene rings is 1. The lowest BCUT2D eigenvalue weighted by Gasteiger charge is -2.26. The Morgan fingerprint density at radius 3 is 2.70 bits per heavy atom. The van der Waals surface area contributed by atoms with Crippen LogP contribution < -0.4 is 16.0 Å². The van der Waals surface area contributed by atoms with Crippen LogP contribution in [0, 0.1) is 18.3 Å². The van der Waals surface area contributed by atoms with Crippen LogP contribution in [0.3, 0.4) is 0 Å². The molecule has 1 aromatic heterocycles. The van der Waals surface area contributed by atoms with Crippen molar-refractivity contribution in [2.75, 3.05) is 0 Å². The van der Waals surface area contributed by atoms with Crippen molar-refractivity contribution >= 4 is 23.2 Å². The topological polar surface area (TPSA) is 91.9 Å². The van der Waals surface area contributed by atoms with Crippen LogP contribution in [0.1, 0.15) is 22.7 Å². The van der Waals surface area contributed by atoms with Gasteiger partial charge in [0.25, 0.3) is 5.56 Å². The molecule has 0 aliphatic carbocycles. The maximum Gasteiger partial charge on any atom is 0.256 e. The monoisotopic (exact) mass is 347 g/mol. The summed E-state index contributed by atoms with van der Waals surface area (Å²) in [5, 5.41) is 10.2. The standard InChI is InChI=1S/C16H11Cl2N3O2/c1-7-4-12-14(16(22)21-7)13(9(6-19)15(20)23-12)8-2-3-10(17)11(18)5-8/h2-5,13H,20H2,1H3,(H,21,22). The number of halogens is 2. The molecule has 3 rings (SSSR count). The molecule has 23 heavy (non-hydrogen) atoms. The van der Waals surface area contributed by atoms with Gasteiger partial charge in [0, 0.05) is 11.8 Å². The number of H-pyrrole nitrogens is 1. The van der Waals surface area contributed by atoms with E-state index in [1.807, 2.05) is 6.07 Å². The molecule has 0 fully saturated rings. The highest BCUT2D eigenvalue weighted by atomic mass is 35.5. The number of pyridine rings is 1. The van der Waals surface area contributed by atoms with Crippen LogP contribution >= 0.6 is 23.2 Å². The molecular weight excluding hydrogens is 337 g/mol. The number of nitrogens with zero attached hydrogens (tertiary/aromatic N) is 1. The molecule has 0 amide bonds. The van der Waals surface area contributed by atoms with Crippen molar-refractivity contribution in [3.63, 3.8) is 0 Å². The van der Waals surface area contributed by atoms with Crippen LogP contribution in [0.2, 0.25) is 10.0 Å². The van der Waals surface area contributed by atoms with E-state index >= 15 is 0 Å². The highest BCUT2D eigenvalue weighted by Gasteiger charge is 2.33. The molecule has 116 valence electrons. The summed E-state index contributed by atoms with van der Waals surface area (Å²) in [6.45, 7) is 1.74. The minimum Gasteiger partial charge on any atom is -0.440 e. The van der Waals surface area contributed by atoms with Crippen LogP contribution in [-0.4, -0.2) is 4.98 Å². The zero-order valence-corrected chi connectivity index (χ0v) is 13.5. The van der Waals surface area contributed by atoms with E-state index in [0.29, 0.717) is 32.6 Å². The lowest BCUT2D eigenvalue weighted by Crippen LogP contribution is -2.28. The quantitative estimate of drug-likeness (QED) is 0.828. The highest BCUT2D eigenvalue weighted by Crippen LogP contribution is 2.41. The van der Waals surface area contributed by atoms with Gasteiger partial charge in [-0.3, -0.25) is 4.79 Å². The highest BCUT2D eigenvalue weighted by molar-refractivity contribution is 6.42. The molecule has 1 atom stereocenters. The maximum atomic E-state index is 12.4. The lowest BCUT2D eigenvalue weighted by molar-refractivity contribution is 0.391. The summed E-state index contributed by atoms with van der Waals surface area (Å²) in [6, 6.07) is 8.63. The Bertz CT molecular complexity index is 941. The molecule has 1 aromatic carbocycles. The zero-order valence-electron chi connectivity index (χ0n) is 12.0. The summed E-state index contributed by atoms with van der Waals surface area (Å²) in [7, 11) is 0. The normalized spacial score (nSPS) is 16.5. The van der Waals surface area contributed by atoms with Gasteiger partial charge in [-0.25, -0.2) is 0 Å². The summed E-state index contributed by atoms with van der Waals surface area (Å²) >= 11 is 12.0. The molecule has 5 nitrogen and oxygen atoms in total. The second-order valence-electron chi connectivity index (χ2n) is 5.16. The van der Waals surface area contributed by atoms with Crippen molar-refractivity contribution < 1.29 is 4.74 Å². The number of ether oxygens (including phenoxy) is 1. The van der Waals surface area contributed by atoms with E-state index in [-0.39, 0.29) is 17.0 Å². The Hall–Kier alpha value is -2.42. The van der Waals surface area contributed by atoms with E-state index in [0.717, 1.165) is 0 Å². The van der Waals surface area contributed by atoms with Gasteiger partial charge in [0.2, 0.25) is 5.88 Å². The first-order chi connectivity index (χ1) is 10.9. The Morgan fingerprint density at radius 1 is 1.30 bits per heavy atom. The number of aromatic amines is 1. The van der Waals surface area contributed by atoms with Gasteiger partial charge in [-0.15, -0.1) is 0 Å². The average Bonchev–Trinajstić information content (AvgIpc) is 2.48. The van der Waals surface area contributed by atoms with Gasteiger partial charge >= 0.3 is 0 Å². The molecule has 1 aliphatic rings. The van der Waals surface area contributed by atoms with Gasteiger partial charge in [0.1, 0.15) is 17.4 Å². The predicted molar refractivity (Wildman–Crippen MR) is 87.6 cm³/mol. The number of hydrogen-bond donors (Lipinski definition) is 2. The maximum absolute atomic E-state index is 12.4. The predicted octanol–water partition coefficient (Wildman–Crippen LogP) is 3.21. The van der Waals surface area contributed by atoms with Gasteiger partial charge in [0.15, 0.2) is 0 Å². The third kappa shape index (κ3) is 2.56. The van der Waals surface area contributed by atoms with Crippen molar-refractivity contribution in [1.82, 2.24) is 4.98 Å². The molecule has 3 N–H and O–H groups in total. The first-order valence-corrected chi connectivity index (χ1v) is 7.44. The Kier molecular flexibility index (Phi) is 3.80. The number of aryl methyl sites for hydroxylation is 1. The molecular formula is C16H11Cl2N3O2. The first-order valence-electron chi connectivity index (χ1n) is 6.68. The molecule has 0 spiro atoms. The largest absolute Gasteiger partial charge is 0.440 e. The molecule has 2 heterocycles. The summed E-state index contributed by atoms with van der Waals surface area (Å²) in [5.74, 6) is -0.359. The van der Waals surface area contributed by atoms with Gasteiger partial charge in [-0.2, -0.15) is 5.26 Å². The summed E-state index contributed by atoms with van der Waals surface area (Å²) in [4.78, 5) is 15.1. The van der Waals surface area contributed by atoms with Gasteiger partial charge in [-0.05, 0) is 24.6 Å². The van der Waals surface area contributed by atoms with Gasteiger partial charge in [-0.1, -0.05) is 29.3 Å². The Labute approximate surface area is 141 Å². The van der Waals surface area contributed by atoms with E-state index in [9.17, 15) is 10.1 Å². The number of nitrogens with one attached hydrogen (secondary N) is 1. The van der Waals surface area contributed by atoms with E-state index in [2.05, 4.69) is 4.98 Å². The Morgan fingerprint density at radius 2 is 2.04 bits per heavy atom. The molecule has 7 heteroatoms. The van der Waals surface area contributed by atoms with Gasteiger partial charge < -0.3 is 15.5 Å². The zero-order chi connectivity index (χ0) is 16.7. The van der Waals surface area contributed by atoms with Gasteiger partial charge in [0.05, 0.1) is 21.5 Å². The fourth-order valence-corrected chi connectivity index (χ4v) is 2.94. The Balaban J connectivity index is 2.31. The summed E-state index contributed by atoms with van der Waals surface area (Å²) in [6.07, 6.45) is 0. The van der Waals surface area contributed by atoms with Crippen molar-refractivity contribution in [2.45, 2.75) is 12.8 Å². The van der Waals surface area contributed by atoms with Crippen molar-refractivity contribution in [3.8, 4) is 11.8 Å². The van der Waals surface area contributed by atoms with Crippen LogP contribution in [0.15, 0.2) is 40.5 Å².